The molecule has 1 aromatic heterocycles. The van der Waals surface area contributed by atoms with Gasteiger partial charge in [0.05, 0.1) is 5.56 Å². The third-order valence-electron chi connectivity index (χ3n) is 5.21. The molecule has 2 aromatic rings. The summed E-state index contributed by atoms with van der Waals surface area (Å²) >= 11 is 0. The normalized spacial score (nSPS) is 14.8. The molecule has 0 spiro atoms. The van der Waals surface area contributed by atoms with Crippen molar-refractivity contribution in [2.24, 2.45) is 0 Å². The first kappa shape index (κ1) is 21.0. The number of rotatable bonds is 5. The Morgan fingerprint density at radius 2 is 1.62 bits per heavy atom. The molecule has 1 saturated heterocycles. The van der Waals surface area contributed by atoms with E-state index in [1.165, 1.54) is 6.07 Å². The fourth-order valence-electron chi connectivity index (χ4n) is 3.47. The second kappa shape index (κ2) is 8.71. The molecule has 1 amide bonds. The van der Waals surface area contributed by atoms with Crippen molar-refractivity contribution in [3.8, 4) is 0 Å². The van der Waals surface area contributed by atoms with E-state index >= 15 is 0 Å². The average Bonchev–Trinajstić information content (AvgIpc) is 2.74. The van der Waals surface area contributed by atoms with Gasteiger partial charge in [0, 0.05) is 56.7 Å². The van der Waals surface area contributed by atoms with Crippen LogP contribution in [-0.4, -0.2) is 55.1 Å². The number of carbonyl (C=O) groups excluding carboxylic acids is 1. The summed E-state index contributed by atoms with van der Waals surface area (Å²) in [6.45, 7) is 8.05. The molecule has 3 rings (SSSR count). The molecule has 1 aliphatic rings. The number of aromatic nitrogens is 1. The Bertz CT molecular complexity index is 809. The van der Waals surface area contributed by atoms with Gasteiger partial charge in [-0.15, -0.1) is 0 Å². The largest absolute Gasteiger partial charge is 0.417 e. The molecule has 0 N–H and O–H groups in total. The molecule has 1 aliphatic heterocycles. The molecule has 29 heavy (non-hydrogen) atoms. The Kier molecular flexibility index (Phi) is 6.30. The maximum Gasteiger partial charge on any atom is 0.417 e. The third kappa shape index (κ3) is 4.81. The monoisotopic (exact) mass is 406 g/mol. The van der Waals surface area contributed by atoms with E-state index in [0.29, 0.717) is 37.6 Å². The number of alkyl halides is 3. The SMILES string of the molecule is CCN(CC)c1ccc(C(=O)N2CCN(c3ccc(C(F)(F)F)cn3)CC2)cc1. The number of nitrogens with zero attached hydrogens (tertiary/aromatic N) is 4. The fourth-order valence-corrected chi connectivity index (χ4v) is 3.47. The predicted molar refractivity (Wildman–Crippen MR) is 107 cm³/mol. The van der Waals surface area contributed by atoms with Gasteiger partial charge in [-0.3, -0.25) is 4.79 Å². The summed E-state index contributed by atoms with van der Waals surface area (Å²) < 4.78 is 38.0. The van der Waals surface area contributed by atoms with Gasteiger partial charge in [-0.2, -0.15) is 13.2 Å². The fraction of sp³-hybridized carbons (Fsp3) is 0.429. The second-order valence-corrected chi connectivity index (χ2v) is 6.90. The highest BCUT2D eigenvalue weighted by Crippen LogP contribution is 2.29. The number of hydrogen-bond acceptors (Lipinski definition) is 4. The zero-order valence-corrected chi connectivity index (χ0v) is 16.6. The molecule has 0 atom stereocenters. The molecule has 0 bridgehead atoms. The van der Waals surface area contributed by atoms with Crippen LogP contribution in [0.5, 0.6) is 0 Å². The molecular weight excluding hydrogens is 381 g/mol. The quantitative estimate of drug-likeness (QED) is 0.755. The number of piperazine rings is 1. The van der Waals surface area contributed by atoms with E-state index in [0.717, 1.165) is 31.0 Å². The minimum atomic E-state index is -4.39. The van der Waals surface area contributed by atoms with Crippen LogP contribution in [-0.2, 0) is 6.18 Å². The van der Waals surface area contributed by atoms with Crippen LogP contribution in [0.1, 0.15) is 29.8 Å². The minimum Gasteiger partial charge on any atom is -0.372 e. The Morgan fingerprint density at radius 3 is 2.10 bits per heavy atom. The average molecular weight is 406 g/mol. The zero-order valence-electron chi connectivity index (χ0n) is 16.6. The van der Waals surface area contributed by atoms with Crippen molar-refractivity contribution in [1.29, 1.82) is 0 Å². The summed E-state index contributed by atoms with van der Waals surface area (Å²) in [5, 5.41) is 0. The molecule has 0 aliphatic carbocycles. The summed E-state index contributed by atoms with van der Waals surface area (Å²) in [6, 6.07) is 10.0. The third-order valence-corrected chi connectivity index (χ3v) is 5.21. The highest BCUT2D eigenvalue weighted by Gasteiger charge is 2.31. The maximum absolute atomic E-state index is 12.8. The van der Waals surface area contributed by atoms with Crippen LogP contribution < -0.4 is 9.80 Å². The molecule has 1 fully saturated rings. The van der Waals surface area contributed by atoms with E-state index < -0.39 is 11.7 Å². The van der Waals surface area contributed by atoms with Gasteiger partial charge < -0.3 is 14.7 Å². The van der Waals surface area contributed by atoms with Crippen molar-refractivity contribution in [2.45, 2.75) is 20.0 Å². The van der Waals surface area contributed by atoms with Crippen molar-refractivity contribution in [3.05, 3.63) is 53.7 Å². The van der Waals surface area contributed by atoms with Crippen molar-refractivity contribution in [2.75, 3.05) is 49.1 Å². The van der Waals surface area contributed by atoms with Crippen molar-refractivity contribution >= 4 is 17.4 Å². The van der Waals surface area contributed by atoms with E-state index in [4.69, 9.17) is 0 Å². The summed E-state index contributed by atoms with van der Waals surface area (Å²) in [4.78, 5) is 22.6. The number of hydrogen-bond donors (Lipinski definition) is 0. The molecule has 5 nitrogen and oxygen atoms in total. The van der Waals surface area contributed by atoms with E-state index in [9.17, 15) is 18.0 Å². The first-order chi connectivity index (χ1) is 13.8. The lowest BCUT2D eigenvalue weighted by Crippen LogP contribution is -2.49. The summed E-state index contributed by atoms with van der Waals surface area (Å²) in [5.41, 5.74) is 0.968. The summed E-state index contributed by atoms with van der Waals surface area (Å²) in [5.74, 6) is 0.463. The van der Waals surface area contributed by atoms with Gasteiger partial charge in [-0.25, -0.2) is 4.98 Å². The van der Waals surface area contributed by atoms with Gasteiger partial charge in [0.1, 0.15) is 5.82 Å². The van der Waals surface area contributed by atoms with Gasteiger partial charge in [-0.1, -0.05) is 0 Å². The highest BCUT2D eigenvalue weighted by atomic mass is 19.4. The molecule has 1 aromatic carbocycles. The highest BCUT2D eigenvalue weighted by molar-refractivity contribution is 5.94. The predicted octanol–water partition coefficient (Wildman–Crippen LogP) is 3.91. The Labute approximate surface area is 168 Å². The van der Waals surface area contributed by atoms with E-state index in [2.05, 4.69) is 23.7 Å². The smallest absolute Gasteiger partial charge is 0.372 e. The number of amides is 1. The second-order valence-electron chi connectivity index (χ2n) is 6.90. The van der Waals surface area contributed by atoms with Crippen LogP contribution >= 0.6 is 0 Å². The van der Waals surface area contributed by atoms with Gasteiger partial charge in [0.15, 0.2) is 0 Å². The first-order valence-electron chi connectivity index (χ1n) is 9.76. The van der Waals surface area contributed by atoms with Crippen molar-refractivity contribution in [3.63, 3.8) is 0 Å². The lowest BCUT2D eigenvalue weighted by molar-refractivity contribution is -0.137. The number of halogens is 3. The number of carbonyl (C=O) groups is 1. The Balaban J connectivity index is 1.59. The van der Waals surface area contributed by atoms with E-state index in [1.54, 1.807) is 4.90 Å². The van der Waals surface area contributed by atoms with Gasteiger partial charge in [0.25, 0.3) is 5.91 Å². The molecule has 0 saturated carbocycles. The topological polar surface area (TPSA) is 39.7 Å². The molecule has 2 heterocycles. The molecule has 8 heteroatoms. The minimum absolute atomic E-state index is 0.0314. The number of benzene rings is 1. The molecule has 0 unspecified atom stereocenters. The van der Waals surface area contributed by atoms with Crippen molar-refractivity contribution in [1.82, 2.24) is 9.88 Å². The number of pyridine rings is 1. The maximum atomic E-state index is 12.8. The van der Waals surface area contributed by atoms with Gasteiger partial charge in [0.2, 0.25) is 0 Å². The van der Waals surface area contributed by atoms with Crippen LogP contribution in [0.3, 0.4) is 0 Å². The lowest BCUT2D eigenvalue weighted by Gasteiger charge is -2.35. The Morgan fingerprint density at radius 1 is 1.00 bits per heavy atom. The summed E-state index contributed by atoms with van der Waals surface area (Å²) in [7, 11) is 0. The van der Waals surface area contributed by atoms with Crippen LogP contribution in [0.15, 0.2) is 42.6 Å². The summed E-state index contributed by atoms with van der Waals surface area (Å²) in [6.07, 6.45) is -3.54. The molecular formula is C21H25F3N4O. The van der Waals surface area contributed by atoms with Gasteiger partial charge in [-0.05, 0) is 50.2 Å². The standard InChI is InChI=1S/C21H25F3N4O/c1-3-26(4-2)18-8-5-16(6-9-18)20(29)28-13-11-27(12-14-28)19-10-7-17(15-25-19)21(22,23)24/h5-10,15H,3-4,11-14H2,1-2H3. The lowest BCUT2D eigenvalue weighted by atomic mass is 10.1. The number of anilines is 2. The van der Waals surface area contributed by atoms with Gasteiger partial charge >= 0.3 is 6.18 Å². The van der Waals surface area contributed by atoms with E-state index in [-0.39, 0.29) is 5.91 Å². The van der Waals surface area contributed by atoms with Crippen molar-refractivity contribution < 1.29 is 18.0 Å². The van der Waals surface area contributed by atoms with E-state index in [1.807, 2.05) is 29.2 Å². The first-order valence-corrected chi connectivity index (χ1v) is 9.76. The zero-order chi connectivity index (χ0) is 21.0. The van der Waals surface area contributed by atoms with Crippen LogP contribution in [0.2, 0.25) is 0 Å². The van der Waals surface area contributed by atoms with Crippen LogP contribution in [0.25, 0.3) is 0 Å². The molecule has 156 valence electrons. The van der Waals surface area contributed by atoms with Crippen LogP contribution in [0, 0.1) is 0 Å². The molecule has 0 radical (unpaired) electrons. The van der Waals surface area contributed by atoms with Crippen LogP contribution in [0.4, 0.5) is 24.7 Å². The Hall–Kier alpha value is -2.77.